The highest BCUT2D eigenvalue weighted by atomic mass is 32.2. The first-order chi connectivity index (χ1) is 13.0. The Bertz CT molecular complexity index is 761. The normalized spacial score (nSPS) is 21.4. The van der Waals surface area contributed by atoms with Crippen LogP contribution in [0.4, 0.5) is 5.69 Å². The molecule has 0 spiro atoms. The molecule has 0 aromatic heterocycles. The fraction of sp³-hybridized carbons (Fsp3) is 0.316. The summed E-state index contributed by atoms with van der Waals surface area (Å²) in [6.07, 6.45) is -6.35. The van der Waals surface area contributed by atoms with Crippen LogP contribution >= 0.6 is 11.8 Å². The minimum atomic E-state index is -1.69. The molecule has 8 heteroatoms. The second kappa shape index (κ2) is 8.83. The van der Waals surface area contributed by atoms with E-state index in [4.69, 9.17) is 5.11 Å². The van der Waals surface area contributed by atoms with E-state index in [1.54, 1.807) is 5.01 Å². The number of hydrazone groups is 1. The van der Waals surface area contributed by atoms with Crippen LogP contribution in [0.1, 0.15) is 5.56 Å². The van der Waals surface area contributed by atoms with Gasteiger partial charge in [0.25, 0.3) is 0 Å². The molecular weight excluding hydrogens is 368 g/mol. The number of aliphatic hydroxyl groups is 5. The minimum absolute atomic E-state index is 0.660. The summed E-state index contributed by atoms with van der Waals surface area (Å²) in [4.78, 5) is 0. The van der Waals surface area contributed by atoms with Crippen molar-refractivity contribution >= 4 is 22.5 Å². The van der Waals surface area contributed by atoms with Gasteiger partial charge in [0.15, 0.2) is 0 Å². The maximum atomic E-state index is 10.7. The van der Waals surface area contributed by atoms with Crippen LogP contribution in [0.2, 0.25) is 0 Å². The average Bonchev–Trinajstić information content (AvgIpc) is 3.18. The van der Waals surface area contributed by atoms with Crippen molar-refractivity contribution in [2.24, 2.45) is 5.10 Å². The molecule has 0 unspecified atom stereocenters. The summed E-state index contributed by atoms with van der Waals surface area (Å²) in [5.41, 5.74) is 1.58. The van der Waals surface area contributed by atoms with Crippen LogP contribution in [0.25, 0.3) is 0 Å². The van der Waals surface area contributed by atoms with Crippen molar-refractivity contribution in [1.82, 2.24) is 0 Å². The van der Waals surface area contributed by atoms with E-state index in [0.29, 0.717) is 10.7 Å². The third-order valence-electron chi connectivity index (χ3n) is 4.29. The topological polar surface area (TPSA) is 117 Å². The molecule has 1 heterocycles. The van der Waals surface area contributed by atoms with Crippen LogP contribution in [0.3, 0.4) is 0 Å². The molecule has 0 saturated carbocycles. The molecule has 3 rings (SSSR count). The summed E-state index contributed by atoms with van der Waals surface area (Å²) in [6, 6.07) is 18.6. The Hall–Kier alpha value is -1.94. The van der Waals surface area contributed by atoms with Crippen molar-refractivity contribution in [3.8, 4) is 0 Å². The molecule has 0 aliphatic carbocycles. The predicted octanol–water partition coefficient (Wildman–Crippen LogP) is 0.364. The monoisotopic (exact) mass is 390 g/mol. The number of para-hydroxylation sites is 1. The first kappa shape index (κ1) is 19.8. The Balaban J connectivity index is 1.89. The second-order valence-electron chi connectivity index (χ2n) is 6.18. The Morgan fingerprint density at radius 3 is 2.07 bits per heavy atom. The lowest BCUT2D eigenvalue weighted by atomic mass is 10.0. The number of anilines is 1. The average molecular weight is 390 g/mol. The highest BCUT2D eigenvalue weighted by molar-refractivity contribution is 8.15. The Labute approximate surface area is 161 Å². The summed E-state index contributed by atoms with van der Waals surface area (Å²) < 4.78 is 0. The van der Waals surface area contributed by atoms with Gasteiger partial charge in [0.1, 0.15) is 34.8 Å². The molecule has 144 valence electrons. The zero-order chi connectivity index (χ0) is 19.4. The summed E-state index contributed by atoms with van der Waals surface area (Å²) >= 11 is 1.25. The van der Waals surface area contributed by atoms with Crippen LogP contribution in [0.15, 0.2) is 65.8 Å². The second-order valence-corrected chi connectivity index (χ2v) is 7.29. The maximum absolute atomic E-state index is 10.7. The molecule has 2 aromatic rings. The molecule has 5 atom stereocenters. The van der Waals surface area contributed by atoms with Gasteiger partial charge in [-0.15, -0.1) is 0 Å². The number of thioether (sulfide) groups is 1. The molecule has 0 radical (unpaired) electrons. The summed E-state index contributed by atoms with van der Waals surface area (Å²) in [7, 11) is 0. The highest BCUT2D eigenvalue weighted by Gasteiger charge is 2.41. The number of aliphatic hydroxyl groups excluding tert-OH is 5. The van der Waals surface area contributed by atoms with Gasteiger partial charge in [0, 0.05) is 5.56 Å². The van der Waals surface area contributed by atoms with Gasteiger partial charge < -0.3 is 25.5 Å². The van der Waals surface area contributed by atoms with Crippen molar-refractivity contribution in [1.29, 1.82) is 0 Å². The van der Waals surface area contributed by atoms with Gasteiger partial charge in [0.05, 0.1) is 12.3 Å². The van der Waals surface area contributed by atoms with Gasteiger partial charge in [0.2, 0.25) is 0 Å². The van der Waals surface area contributed by atoms with Crippen molar-refractivity contribution in [2.45, 2.75) is 29.8 Å². The fourth-order valence-electron chi connectivity index (χ4n) is 2.76. The van der Waals surface area contributed by atoms with Gasteiger partial charge in [-0.25, -0.2) is 5.01 Å². The zero-order valence-electron chi connectivity index (χ0n) is 14.4. The largest absolute Gasteiger partial charge is 0.394 e. The van der Waals surface area contributed by atoms with Gasteiger partial charge in [-0.1, -0.05) is 60.3 Å². The maximum Gasteiger partial charge on any atom is 0.132 e. The number of hydrogen-bond donors (Lipinski definition) is 5. The van der Waals surface area contributed by atoms with Crippen LogP contribution in [0, 0.1) is 0 Å². The number of rotatable bonds is 7. The van der Waals surface area contributed by atoms with E-state index in [-0.39, 0.29) is 0 Å². The zero-order valence-corrected chi connectivity index (χ0v) is 15.2. The molecule has 1 aliphatic heterocycles. The van der Waals surface area contributed by atoms with E-state index in [1.807, 2.05) is 60.7 Å². The van der Waals surface area contributed by atoms with E-state index in [9.17, 15) is 20.4 Å². The molecule has 0 fully saturated rings. The Morgan fingerprint density at radius 2 is 1.48 bits per heavy atom. The number of benzene rings is 2. The summed E-state index contributed by atoms with van der Waals surface area (Å²) in [5.74, 6) is 0. The summed E-state index contributed by atoms with van der Waals surface area (Å²) in [5, 5.41) is 55.6. The van der Waals surface area contributed by atoms with Gasteiger partial charge in [-0.05, 0) is 12.1 Å². The van der Waals surface area contributed by atoms with E-state index < -0.39 is 36.4 Å². The molecule has 0 bridgehead atoms. The predicted molar refractivity (Wildman–Crippen MR) is 104 cm³/mol. The third kappa shape index (κ3) is 4.32. The SMILES string of the molecule is OC[C@H](O)[C@H](O)[C@@H](O)[C@@H](O)[C@@H]1SC(c2ccccc2)=NN1c1ccccc1. The lowest BCUT2D eigenvalue weighted by molar-refractivity contribution is -0.114. The smallest absolute Gasteiger partial charge is 0.132 e. The van der Waals surface area contributed by atoms with Crippen molar-refractivity contribution < 1.29 is 25.5 Å². The Kier molecular flexibility index (Phi) is 6.48. The molecular formula is C19H22N2O5S. The minimum Gasteiger partial charge on any atom is -0.394 e. The van der Waals surface area contributed by atoms with Gasteiger partial charge >= 0.3 is 0 Å². The molecule has 0 amide bonds. The molecule has 0 saturated heterocycles. The van der Waals surface area contributed by atoms with E-state index in [1.165, 1.54) is 11.8 Å². The van der Waals surface area contributed by atoms with E-state index >= 15 is 0 Å². The fourth-order valence-corrected chi connectivity index (χ4v) is 3.96. The third-order valence-corrected chi connectivity index (χ3v) is 5.55. The number of nitrogens with zero attached hydrogens (tertiary/aromatic N) is 2. The van der Waals surface area contributed by atoms with Crippen molar-refractivity contribution in [3.63, 3.8) is 0 Å². The van der Waals surface area contributed by atoms with Crippen LogP contribution < -0.4 is 5.01 Å². The quantitative estimate of drug-likeness (QED) is 0.464. The van der Waals surface area contributed by atoms with Gasteiger partial charge in [-0.3, -0.25) is 0 Å². The number of hydrogen-bond acceptors (Lipinski definition) is 8. The molecule has 5 N–H and O–H groups in total. The first-order valence-electron chi connectivity index (χ1n) is 8.51. The highest BCUT2D eigenvalue weighted by Crippen LogP contribution is 2.36. The van der Waals surface area contributed by atoms with Crippen molar-refractivity contribution in [3.05, 3.63) is 66.2 Å². The molecule has 27 heavy (non-hydrogen) atoms. The lowest BCUT2D eigenvalue weighted by Gasteiger charge is -2.32. The first-order valence-corrected chi connectivity index (χ1v) is 9.39. The van der Waals surface area contributed by atoms with Crippen LogP contribution in [-0.2, 0) is 0 Å². The molecule has 2 aromatic carbocycles. The van der Waals surface area contributed by atoms with Gasteiger partial charge in [-0.2, -0.15) is 5.10 Å². The summed E-state index contributed by atoms with van der Waals surface area (Å²) in [6.45, 7) is -0.725. The van der Waals surface area contributed by atoms with Crippen LogP contribution in [-0.4, -0.2) is 67.0 Å². The van der Waals surface area contributed by atoms with Crippen LogP contribution in [0.5, 0.6) is 0 Å². The molecule has 7 nitrogen and oxygen atoms in total. The standard InChI is InChI=1S/C19H22N2O5S/c22-11-14(23)15(24)16(25)17(26)19-21(13-9-5-2-6-10-13)20-18(27-19)12-7-3-1-4-8-12/h1-10,14-17,19,22-26H,11H2/t14-,15-,16+,17+,19-/m0/s1. The van der Waals surface area contributed by atoms with Crippen molar-refractivity contribution in [2.75, 3.05) is 11.6 Å². The lowest BCUT2D eigenvalue weighted by Crippen LogP contribution is -2.52. The van der Waals surface area contributed by atoms with E-state index in [2.05, 4.69) is 5.10 Å². The Morgan fingerprint density at radius 1 is 0.889 bits per heavy atom. The van der Waals surface area contributed by atoms with E-state index in [0.717, 1.165) is 5.56 Å². The molecule has 1 aliphatic rings.